The fourth-order valence-electron chi connectivity index (χ4n) is 6.22. The molecule has 0 saturated carbocycles. The molecule has 11 nitrogen and oxygen atoms in total. The molecule has 2 aromatic carbocycles. The Hall–Kier alpha value is -2.48. The molecule has 4 rings (SSSR count). The zero-order chi connectivity index (χ0) is 30.8. The SMILES string of the molecule is CC[C@@H](CC[C@H]1CCN[C@H](C2CCNCC2)C1)C(=O)NCC(=O)NC[C@H](NS(=O)(=O)c1ccc2ccccc2c1)C(=O)O.Cl.Cl. The van der Waals surface area contributed by atoms with Gasteiger partial charge in [-0.05, 0) is 99.3 Å². The number of carboxylic acids is 1. The molecule has 252 valence electrons. The summed E-state index contributed by atoms with van der Waals surface area (Å²) in [5, 5.41) is 23.4. The largest absolute Gasteiger partial charge is 0.480 e. The molecular formula is C31H47Cl2N5O6S. The second-order valence-electron chi connectivity index (χ2n) is 11.8. The average molecular weight is 689 g/mol. The number of amides is 2. The third-order valence-electron chi connectivity index (χ3n) is 8.84. The molecule has 2 aliphatic rings. The second-order valence-corrected chi connectivity index (χ2v) is 13.5. The highest BCUT2D eigenvalue weighted by Gasteiger charge is 2.30. The van der Waals surface area contributed by atoms with E-state index in [1.54, 1.807) is 18.2 Å². The summed E-state index contributed by atoms with van der Waals surface area (Å²) in [6.07, 6.45) is 7.04. The summed E-state index contributed by atoms with van der Waals surface area (Å²) in [6, 6.07) is 10.7. The van der Waals surface area contributed by atoms with Gasteiger partial charge in [0.2, 0.25) is 21.8 Å². The summed E-state index contributed by atoms with van der Waals surface area (Å²) < 4.78 is 27.9. The number of nitrogens with one attached hydrogen (secondary N) is 5. The van der Waals surface area contributed by atoms with Gasteiger partial charge in [-0.2, -0.15) is 4.72 Å². The van der Waals surface area contributed by atoms with Crippen LogP contribution in [-0.2, 0) is 24.4 Å². The number of sulfonamides is 1. The Morgan fingerprint density at radius 3 is 2.38 bits per heavy atom. The van der Waals surface area contributed by atoms with Crippen LogP contribution in [-0.4, -0.2) is 76.1 Å². The number of hydrogen-bond acceptors (Lipinski definition) is 7. The number of carboxylic acid groups (broad SMARTS) is 1. The lowest BCUT2D eigenvalue weighted by Gasteiger charge is -2.38. The van der Waals surface area contributed by atoms with E-state index >= 15 is 0 Å². The van der Waals surface area contributed by atoms with E-state index in [1.807, 2.05) is 19.1 Å². The van der Waals surface area contributed by atoms with E-state index in [1.165, 1.54) is 25.0 Å². The molecule has 2 aliphatic heterocycles. The normalized spacial score (nSPS) is 20.2. The van der Waals surface area contributed by atoms with Crippen LogP contribution in [0.4, 0.5) is 0 Å². The Balaban J connectivity index is 0.00000353. The van der Waals surface area contributed by atoms with Gasteiger partial charge < -0.3 is 26.4 Å². The van der Waals surface area contributed by atoms with Gasteiger partial charge >= 0.3 is 5.97 Å². The highest BCUT2D eigenvalue weighted by atomic mass is 35.5. The van der Waals surface area contributed by atoms with Crippen molar-refractivity contribution < 1.29 is 27.9 Å². The predicted molar refractivity (Wildman–Crippen MR) is 179 cm³/mol. The standard InChI is InChI=1S/C31H45N5O6S.2ClH/c1-2-22(8-7-21-11-16-33-27(17-21)24-12-14-32-15-13-24)30(38)35-20-29(37)34-19-28(31(39)40)36-43(41,42)26-10-9-23-5-3-4-6-25(23)18-26;;/h3-6,9-10,18,21-22,24,27-28,32-33,36H,2,7-8,11-17,19-20H2,1H3,(H,34,37)(H,35,38)(H,39,40);2*1H/t21-,22-,27-,28-;;/m0../s1. The van der Waals surface area contributed by atoms with Crippen LogP contribution in [0.5, 0.6) is 0 Å². The maximum Gasteiger partial charge on any atom is 0.323 e. The van der Waals surface area contributed by atoms with Crippen molar-refractivity contribution in [1.29, 1.82) is 0 Å². The second kappa shape index (κ2) is 18.6. The lowest BCUT2D eigenvalue weighted by molar-refractivity contribution is -0.139. The van der Waals surface area contributed by atoms with Crippen LogP contribution in [0.2, 0.25) is 0 Å². The van der Waals surface area contributed by atoms with Gasteiger partial charge in [0, 0.05) is 18.5 Å². The summed E-state index contributed by atoms with van der Waals surface area (Å²) >= 11 is 0. The number of fused-ring (bicyclic) bond motifs is 1. The number of carbonyl (C=O) groups excluding carboxylic acids is 2. The van der Waals surface area contributed by atoms with Gasteiger partial charge in [0.25, 0.3) is 0 Å². The molecule has 2 heterocycles. The van der Waals surface area contributed by atoms with Gasteiger partial charge in [0.05, 0.1) is 11.4 Å². The van der Waals surface area contributed by atoms with Gasteiger partial charge in [-0.15, -0.1) is 24.8 Å². The number of benzene rings is 2. The summed E-state index contributed by atoms with van der Waals surface area (Å²) in [5.74, 6) is -1.14. The molecule has 0 spiro atoms. The minimum atomic E-state index is -4.17. The van der Waals surface area contributed by atoms with Gasteiger partial charge in [0.1, 0.15) is 6.04 Å². The zero-order valence-electron chi connectivity index (χ0n) is 25.6. The first-order valence-corrected chi connectivity index (χ1v) is 16.9. The Kier molecular flexibility index (Phi) is 16.0. The fraction of sp³-hybridized carbons (Fsp3) is 0.581. The summed E-state index contributed by atoms with van der Waals surface area (Å²) in [4.78, 5) is 37.0. The van der Waals surface area contributed by atoms with E-state index in [9.17, 15) is 27.9 Å². The lowest BCUT2D eigenvalue weighted by Crippen LogP contribution is -2.50. The van der Waals surface area contributed by atoms with Gasteiger partial charge in [-0.1, -0.05) is 37.3 Å². The van der Waals surface area contributed by atoms with E-state index in [2.05, 4.69) is 26.0 Å². The number of carbonyl (C=O) groups is 3. The van der Waals surface area contributed by atoms with Crippen LogP contribution in [0.3, 0.4) is 0 Å². The van der Waals surface area contributed by atoms with Crippen molar-refractivity contribution in [2.45, 2.75) is 68.8 Å². The minimum Gasteiger partial charge on any atom is -0.480 e. The average Bonchev–Trinajstić information content (AvgIpc) is 3.02. The molecule has 2 saturated heterocycles. The molecule has 4 atom stereocenters. The first kappa shape index (κ1) is 38.7. The van der Waals surface area contributed by atoms with Gasteiger partial charge in [0.15, 0.2) is 0 Å². The summed E-state index contributed by atoms with van der Waals surface area (Å²) in [7, 11) is -4.17. The molecule has 2 amide bonds. The Labute approximate surface area is 278 Å². The molecule has 0 bridgehead atoms. The molecule has 2 aromatic rings. The Bertz CT molecular complexity index is 1380. The summed E-state index contributed by atoms with van der Waals surface area (Å²) in [5.41, 5.74) is 0. The maximum atomic E-state index is 12.9. The smallest absolute Gasteiger partial charge is 0.323 e. The van der Waals surface area contributed by atoms with E-state index in [-0.39, 0.29) is 48.1 Å². The van der Waals surface area contributed by atoms with Crippen molar-refractivity contribution >= 4 is 63.4 Å². The van der Waals surface area contributed by atoms with Gasteiger partial charge in [-0.3, -0.25) is 14.4 Å². The molecule has 0 aromatic heterocycles. The third kappa shape index (κ3) is 11.4. The van der Waals surface area contributed by atoms with Gasteiger partial charge in [-0.25, -0.2) is 8.42 Å². The zero-order valence-corrected chi connectivity index (χ0v) is 28.1. The molecule has 0 radical (unpaired) electrons. The number of piperidine rings is 2. The fourth-order valence-corrected chi connectivity index (χ4v) is 7.44. The quantitative estimate of drug-likeness (QED) is 0.176. The number of rotatable bonds is 14. The molecule has 6 N–H and O–H groups in total. The third-order valence-corrected chi connectivity index (χ3v) is 10.3. The van der Waals surface area contributed by atoms with Crippen LogP contribution in [0, 0.1) is 17.8 Å². The molecule has 0 unspecified atom stereocenters. The molecule has 0 aliphatic carbocycles. The molecular weight excluding hydrogens is 641 g/mol. The van der Waals surface area contributed by atoms with Crippen LogP contribution >= 0.6 is 24.8 Å². The van der Waals surface area contributed by atoms with Crippen molar-refractivity contribution in [3.8, 4) is 0 Å². The van der Waals surface area contributed by atoms with E-state index in [4.69, 9.17) is 0 Å². The predicted octanol–water partition coefficient (Wildman–Crippen LogP) is 2.82. The number of hydrogen-bond donors (Lipinski definition) is 6. The first-order valence-electron chi connectivity index (χ1n) is 15.4. The van der Waals surface area contributed by atoms with Crippen LogP contribution in [0.25, 0.3) is 10.8 Å². The van der Waals surface area contributed by atoms with Crippen molar-refractivity contribution in [1.82, 2.24) is 26.0 Å². The van der Waals surface area contributed by atoms with Crippen LogP contribution in [0.1, 0.15) is 51.9 Å². The first-order chi connectivity index (χ1) is 20.7. The van der Waals surface area contributed by atoms with Crippen molar-refractivity contribution in [3.63, 3.8) is 0 Å². The Morgan fingerprint density at radius 2 is 1.69 bits per heavy atom. The number of aliphatic carboxylic acids is 1. The molecule has 14 heteroatoms. The van der Waals surface area contributed by atoms with E-state index in [0.29, 0.717) is 29.7 Å². The highest BCUT2D eigenvalue weighted by Crippen LogP contribution is 2.30. The van der Waals surface area contributed by atoms with E-state index < -0.39 is 34.5 Å². The van der Waals surface area contributed by atoms with Crippen LogP contribution < -0.4 is 26.0 Å². The van der Waals surface area contributed by atoms with E-state index in [0.717, 1.165) is 50.7 Å². The number of halogens is 2. The topological polar surface area (TPSA) is 166 Å². The molecule has 45 heavy (non-hydrogen) atoms. The minimum absolute atomic E-state index is 0. The summed E-state index contributed by atoms with van der Waals surface area (Å²) in [6.45, 7) is 4.35. The Morgan fingerprint density at radius 1 is 0.978 bits per heavy atom. The highest BCUT2D eigenvalue weighted by molar-refractivity contribution is 7.89. The maximum absolute atomic E-state index is 12.9. The van der Waals surface area contributed by atoms with Crippen LogP contribution in [0.15, 0.2) is 47.4 Å². The monoisotopic (exact) mass is 687 g/mol. The molecule has 2 fully saturated rings. The lowest BCUT2D eigenvalue weighted by atomic mass is 9.79. The van der Waals surface area contributed by atoms with Crippen molar-refractivity contribution in [2.24, 2.45) is 17.8 Å². The van der Waals surface area contributed by atoms with Crippen molar-refractivity contribution in [3.05, 3.63) is 42.5 Å². The van der Waals surface area contributed by atoms with Crippen molar-refractivity contribution in [2.75, 3.05) is 32.7 Å².